The quantitative estimate of drug-likeness (QED) is 0.673. The number of hydrogen-bond acceptors (Lipinski definition) is 3. The van der Waals surface area contributed by atoms with E-state index in [1.165, 1.54) is 0 Å². The molecule has 0 aromatic heterocycles. The molecule has 0 saturated carbocycles. The van der Waals surface area contributed by atoms with Gasteiger partial charge in [0.05, 0.1) is 11.1 Å². The van der Waals surface area contributed by atoms with E-state index < -0.39 is 23.0 Å². The number of carboxylic acid groups (broad SMARTS) is 1. The van der Waals surface area contributed by atoms with Crippen molar-refractivity contribution >= 4 is 12.2 Å². The van der Waals surface area contributed by atoms with Gasteiger partial charge in [-0.15, -0.1) is 0 Å². The van der Waals surface area contributed by atoms with Gasteiger partial charge in [-0.3, -0.25) is 9.79 Å². The third-order valence-corrected chi connectivity index (χ3v) is 4.11. The lowest BCUT2D eigenvalue weighted by Crippen LogP contribution is -2.36. The average molecular weight is 307 g/mol. The molecule has 0 fully saturated rings. The van der Waals surface area contributed by atoms with Gasteiger partial charge in [-0.05, 0) is 39.5 Å². The highest BCUT2D eigenvalue weighted by Crippen LogP contribution is 2.28. The molecule has 0 radical (unpaired) electrons. The largest absolute Gasteiger partial charge is 0.481 e. The van der Waals surface area contributed by atoms with E-state index in [1.54, 1.807) is 12.2 Å². The van der Waals surface area contributed by atoms with Gasteiger partial charge in [-0.1, -0.05) is 44.1 Å². The first-order valence-electron chi connectivity index (χ1n) is 7.99. The Balaban J connectivity index is 2.48. The zero-order chi connectivity index (χ0) is 16.8. The molecule has 0 saturated heterocycles. The lowest BCUT2D eigenvalue weighted by atomic mass is 9.82. The van der Waals surface area contributed by atoms with E-state index in [0.717, 1.165) is 25.7 Å². The number of carboxylic acids is 1. The highest BCUT2D eigenvalue weighted by molar-refractivity contribution is 5.76. The minimum absolute atomic E-state index is 0.473. The summed E-state index contributed by atoms with van der Waals surface area (Å²) in [5, 5.41) is 19.0. The maximum Gasteiger partial charge on any atom is 0.313 e. The van der Waals surface area contributed by atoms with E-state index in [1.807, 2.05) is 39.1 Å². The van der Waals surface area contributed by atoms with Crippen molar-refractivity contribution in [2.75, 3.05) is 0 Å². The number of rotatable bonds is 8. The van der Waals surface area contributed by atoms with Crippen LogP contribution in [-0.4, -0.2) is 33.5 Å². The van der Waals surface area contributed by atoms with Gasteiger partial charge < -0.3 is 10.2 Å². The first kappa shape index (κ1) is 18.6. The van der Waals surface area contributed by atoms with Gasteiger partial charge in [0, 0.05) is 6.21 Å². The van der Waals surface area contributed by atoms with E-state index in [0.29, 0.717) is 5.92 Å². The van der Waals surface area contributed by atoms with Crippen LogP contribution in [-0.2, 0) is 4.79 Å². The summed E-state index contributed by atoms with van der Waals surface area (Å²) in [5.41, 5.74) is -1.30. The van der Waals surface area contributed by atoms with Crippen LogP contribution in [0.25, 0.3) is 0 Å². The van der Waals surface area contributed by atoms with Crippen LogP contribution in [0, 0.1) is 11.8 Å². The van der Waals surface area contributed by atoms with Crippen LogP contribution in [0.3, 0.4) is 0 Å². The number of aliphatic carboxylic acids is 1. The topological polar surface area (TPSA) is 69.9 Å². The molecule has 1 rings (SSSR count). The normalized spacial score (nSPS) is 26.5. The fraction of sp³-hybridized carbons (Fsp3) is 0.667. The van der Waals surface area contributed by atoms with E-state index >= 15 is 0 Å². The summed E-state index contributed by atoms with van der Waals surface area (Å²) in [6.45, 7) is 7.66. The van der Waals surface area contributed by atoms with Gasteiger partial charge in [0.1, 0.15) is 5.92 Å². The zero-order valence-corrected chi connectivity index (χ0v) is 14.1. The molecule has 0 heterocycles. The van der Waals surface area contributed by atoms with Crippen molar-refractivity contribution in [3.05, 3.63) is 24.3 Å². The second-order valence-electron chi connectivity index (χ2n) is 7.14. The van der Waals surface area contributed by atoms with Gasteiger partial charge in [-0.25, -0.2) is 0 Å². The molecule has 2 N–H and O–H groups in total. The molecule has 0 amide bonds. The van der Waals surface area contributed by atoms with Gasteiger partial charge in [0.25, 0.3) is 0 Å². The van der Waals surface area contributed by atoms with Crippen molar-refractivity contribution in [2.24, 2.45) is 16.8 Å². The van der Waals surface area contributed by atoms with E-state index in [9.17, 15) is 15.0 Å². The standard InChI is InChI=1S/C18H29NO3/c1-14(8-7-11-17(2,3)22)10-13-19-18(4)12-6-5-9-15(18)16(20)21/h5-6,9,12-15,22H,7-8,10-11H2,1-4H3,(H,20,21). The van der Waals surface area contributed by atoms with Gasteiger partial charge in [0.2, 0.25) is 0 Å². The summed E-state index contributed by atoms with van der Waals surface area (Å²) in [4.78, 5) is 15.8. The Kier molecular flexibility index (Phi) is 6.54. The minimum atomic E-state index is -0.849. The van der Waals surface area contributed by atoms with Crippen LogP contribution >= 0.6 is 0 Å². The Morgan fingerprint density at radius 1 is 1.45 bits per heavy atom. The Morgan fingerprint density at radius 2 is 2.14 bits per heavy atom. The lowest BCUT2D eigenvalue weighted by molar-refractivity contribution is -0.141. The van der Waals surface area contributed by atoms with E-state index in [4.69, 9.17) is 0 Å². The third-order valence-electron chi connectivity index (χ3n) is 4.11. The van der Waals surface area contributed by atoms with Gasteiger partial charge >= 0.3 is 5.97 Å². The van der Waals surface area contributed by atoms with Crippen molar-refractivity contribution in [1.29, 1.82) is 0 Å². The fourth-order valence-electron chi connectivity index (χ4n) is 2.61. The van der Waals surface area contributed by atoms with Crippen LogP contribution in [0.5, 0.6) is 0 Å². The maximum absolute atomic E-state index is 11.3. The Morgan fingerprint density at radius 3 is 2.73 bits per heavy atom. The zero-order valence-electron chi connectivity index (χ0n) is 14.1. The molecule has 0 spiro atoms. The first-order valence-corrected chi connectivity index (χ1v) is 7.99. The van der Waals surface area contributed by atoms with Crippen molar-refractivity contribution < 1.29 is 15.0 Å². The van der Waals surface area contributed by atoms with Crippen LogP contribution < -0.4 is 0 Å². The number of aliphatic hydroxyl groups is 1. The van der Waals surface area contributed by atoms with Crippen LogP contribution in [0.2, 0.25) is 0 Å². The highest BCUT2D eigenvalue weighted by Gasteiger charge is 2.35. The Labute approximate surface area is 133 Å². The lowest BCUT2D eigenvalue weighted by Gasteiger charge is -2.28. The predicted molar refractivity (Wildman–Crippen MR) is 90.2 cm³/mol. The monoisotopic (exact) mass is 307 g/mol. The molecular formula is C18H29NO3. The average Bonchev–Trinajstić information content (AvgIpc) is 2.37. The molecule has 0 aromatic carbocycles. The molecule has 1 aliphatic carbocycles. The van der Waals surface area contributed by atoms with Crippen molar-refractivity contribution in [3.63, 3.8) is 0 Å². The first-order chi connectivity index (χ1) is 10.1. The number of carbonyl (C=O) groups is 1. The summed E-state index contributed by atoms with van der Waals surface area (Å²) in [5.74, 6) is -0.987. The molecule has 0 aromatic rings. The summed E-state index contributed by atoms with van der Waals surface area (Å²) < 4.78 is 0. The van der Waals surface area contributed by atoms with Gasteiger partial charge in [-0.2, -0.15) is 0 Å². The predicted octanol–water partition coefficient (Wildman–Crippen LogP) is 3.61. The maximum atomic E-state index is 11.3. The summed E-state index contributed by atoms with van der Waals surface area (Å²) >= 11 is 0. The van der Waals surface area contributed by atoms with Crippen molar-refractivity contribution in [2.45, 2.75) is 64.5 Å². The SMILES string of the molecule is CC(CC=NC1(C)C=CC=CC1C(=O)O)CCCC(C)(C)O. The molecule has 124 valence electrons. The van der Waals surface area contributed by atoms with E-state index in [-0.39, 0.29) is 0 Å². The van der Waals surface area contributed by atoms with Gasteiger partial charge in [0.15, 0.2) is 0 Å². The molecule has 3 atom stereocenters. The van der Waals surface area contributed by atoms with Crippen LogP contribution in [0.4, 0.5) is 0 Å². The van der Waals surface area contributed by atoms with E-state index in [2.05, 4.69) is 11.9 Å². The molecule has 1 aliphatic rings. The number of hydrogen-bond donors (Lipinski definition) is 2. The molecular weight excluding hydrogens is 278 g/mol. The van der Waals surface area contributed by atoms with Crippen LogP contribution in [0.15, 0.2) is 29.3 Å². The van der Waals surface area contributed by atoms with Crippen molar-refractivity contribution in [1.82, 2.24) is 0 Å². The number of allylic oxidation sites excluding steroid dienone is 2. The number of nitrogens with zero attached hydrogens (tertiary/aromatic N) is 1. The molecule has 22 heavy (non-hydrogen) atoms. The molecule has 4 heteroatoms. The number of aliphatic imine (C=N–C) groups is 1. The molecule has 3 unspecified atom stereocenters. The summed E-state index contributed by atoms with van der Waals surface area (Å²) in [6, 6.07) is 0. The Hall–Kier alpha value is -1.42. The highest BCUT2D eigenvalue weighted by atomic mass is 16.4. The summed E-state index contributed by atoms with van der Waals surface area (Å²) in [6.07, 6.45) is 12.6. The fourth-order valence-corrected chi connectivity index (χ4v) is 2.61. The second-order valence-corrected chi connectivity index (χ2v) is 7.14. The smallest absolute Gasteiger partial charge is 0.313 e. The molecule has 0 aliphatic heterocycles. The van der Waals surface area contributed by atoms with Crippen molar-refractivity contribution in [3.8, 4) is 0 Å². The summed E-state index contributed by atoms with van der Waals surface area (Å²) in [7, 11) is 0. The second kappa shape index (κ2) is 7.73. The Bertz CT molecular complexity index is 459. The van der Waals surface area contributed by atoms with Crippen LogP contribution in [0.1, 0.15) is 53.4 Å². The minimum Gasteiger partial charge on any atom is -0.481 e. The third kappa shape index (κ3) is 6.14. The molecule has 4 nitrogen and oxygen atoms in total. The molecule has 0 bridgehead atoms.